The molecule has 0 saturated heterocycles. The predicted octanol–water partition coefficient (Wildman–Crippen LogP) is 1.33. The van der Waals surface area contributed by atoms with Crippen LogP contribution in [0.1, 0.15) is 11.1 Å². The standard InChI is InChI=1S/C13H15FO3/c1-16-7-8-17-10-12-4-5-13(14)9-11(12)3-2-6-15/h4-5,9,15H,6-8,10H2,1H3. The van der Waals surface area contributed by atoms with Gasteiger partial charge in [-0.3, -0.25) is 0 Å². The van der Waals surface area contributed by atoms with Crippen LogP contribution in [0.15, 0.2) is 18.2 Å². The van der Waals surface area contributed by atoms with Crippen molar-refractivity contribution in [3.63, 3.8) is 0 Å². The Morgan fingerprint density at radius 1 is 1.35 bits per heavy atom. The van der Waals surface area contributed by atoms with Crippen LogP contribution in [0.3, 0.4) is 0 Å². The topological polar surface area (TPSA) is 38.7 Å². The third-order valence-corrected chi connectivity index (χ3v) is 2.06. The maximum atomic E-state index is 13.0. The van der Waals surface area contributed by atoms with Crippen LogP contribution in [-0.2, 0) is 16.1 Å². The summed E-state index contributed by atoms with van der Waals surface area (Å²) in [7, 11) is 1.60. The molecule has 3 nitrogen and oxygen atoms in total. The lowest BCUT2D eigenvalue weighted by Gasteiger charge is -2.06. The van der Waals surface area contributed by atoms with Crippen molar-refractivity contribution in [2.45, 2.75) is 6.61 Å². The van der Waals surface area contributed by atoms with E-state index in [0.717, 1.165) is 5.56 Å². The van der Waals surface area contributed by atoms with E-state index in [0.29, 0.717) is 25.4 Å². The largest absolute Gasteiger partial charge is 0.384 e. The first-order valence-corrected chi connectivity index (χ1v) is 5.22. The predicted molar refractivity (Wildman–Crippen MR) is 61.9 cm³/mol. The second-order valence-corrected chi connectivity index (χ2v) is 3.31. The summed E-state index contributed by atoms with van der Waals surface area (Å²) in [6.45, 7) is 1.08. The Labute approximate surface area is 100 Å². The van der Waals surface area contributed by atoms with E-state index < -0.39 is 0 Å². The molecule has 1 rings (SSSR count). The van der Waals surface area contributed by atoms with Crippen LogP contribution in [0.25, 0.3) is 0 Å². The molecule has 0 unspecified atom stereocenters. The minimum Gasteiger partial charge on any atom is -0.384 e. The highest BCUT2D eigenvalue weighted by Gasteiger charge is 2.02. The Balaban J connectivity index is 2.69. The highest BCUT2D eigenvalue weighted by Crippen LogP contribution is 2.11. The van der Waals surface area contributed by atoms with Crippen molar-refractivity contribution in [2.75, 3.05) is 26.9 Å². The lowest BCUT2D eigenvalue weighted by Crippen LogP contribution is -2.03. The molecule has 0 amide bonds. The lowest BCUT2D eigenvalue weighted by atomic mass is 10.1. The van der Waals surface area contributed by atoms with E-state index in [4.69, 9.17) is 14.6 Å². The Kier molecular flexibility index (Phi) is 6.26. The molecule has 0 fully saturated rings. The maximum absolute atomic E-state index is 13.0. The number of hydrogen-bond donors (Lipinski definition) is 1. The second-order valence-electron chi connectivity index (χ2n) is 3.31. The molecule has 0 radical (unpaired) electrons. The zero-order valence-electron chi connectivity index (χ0n) is 9.70. The van der Waals surface area contributed by atoms with Gasteiger partial charge in [-0.15, -0.1) is 0 Å². The highest BCUT2D eigenvalue weighted by atomic mass is 19.1. The fourth-order valence-corrected chi connectivity index (χ4v) is 1.25. The summed E-state index contributed by atoms with van der Waals surface area (Å²) >= 11 is 0. The highest BCUT2D eigenvalue weighted by molar-refractivity contribution is 5.41. The number of methoxy groups -OCH3 is 1. The van der Waals surface area contributed by atoms with Crippen molar-refractivity contribution >= 4 is 0 Å². The first-order chi connectivity index (χ1) is 8.27. The number of rotatable bonds is 5. The summed E-state index contributed by atoms with van der Waals surface area (Å²) in [5.74, 6) is 4.83. The summed E-state index contributed by atoms with van der Waals surface area (Å²) in [6, 6.07) is 4.32. The maximum Gasteiger partial charge on any atom is 0.124 e. The van der Waals surface area contributed by atoms with Gasteiger partial charge in [-0.05, 0) is 17.7 Å². The van der Waals surface area contributed by atoms with Crippen molar-refractivity contribution < 1.29 is 19.0 Å². The first kappa shape index (κ1) is 13.7. The van der Waals surface area contributed by atoms with Gasteiger partial charge >= 0.3 is 0 Å². The second kappa shape index (κ2) is 7.80. The molecule has 17 heavy (non-hydrogen) atoms. The average Bonchev–Trinajstić information content (AvgIpc) is 2.34. The van der Waals surface area contributed by atoms with Crippen LogP contribution in [0.4, 0.5) is 4.39 Å². The molecule has 0 aliphatic heterocycles. The van der Waals surface area contributed by atoms with Gasteiger partial charge in [0.15, 0.2) is 0 Å². The molecular formula is C13H15FO3. The Bertz CT molecular complexity index is 407. The molecule has 0 atom stereocenters. The minimum absolute atomic E-state index is 0.250. The van der Waals surface area contributed by atoms with Crippen molar-refractivity contribution in [3.05, 3.63) is 35.1 Å². The van der Waals surface area contributed by atoms with E-state index >= 15 is 0 Å². The van der Waals surface area contributed by atoms with Crippen LogP contribution < -0.4 is 0 Å². The summed E-state index contributed by atoms with van der Waals surface area (Å²) in [6.07, 6.45) is 0. The molecule has 0 bridgehead atoms. The summed E-state index contributed by atoms with van der Waals surface area (Å²) in [5, 5.41) is 8.62. The van der Waals surface area contributed by atoms with Gasteiger partial charge in [0.05, 0.1) is 19.8 Å². The third kappa shape index (κ3) is 4.96. The molecule has 0 aliphatic rings. The number of halogens is 1. The average molecular weight is 238 g/mol. The van der Waals surface area contributed by atoms with Gasteiger partial charge in [0.25, 0.3) is 0 Å². The first-order valence-electron chi connectivity index (χ1n) is 5.22. The SMILES string of the molecule is COCCOCc1ccc(F)cc1C#CCO. The van der Waals surface area contributed by atoms with Crippen LogP contribution in [0.5, 0.6) is 0 Å². The van der Waals surface area contributed by atoms with Crippen LogP contribution in [0.2, 0.25) is 0 Å². The zero-order valence-corrected chi connectivity index (χ0v) is 9.70. The van der Waals surface area contributed by atoms with E-state index in [9.17, 15) is 4.39 Å². The van der Waals surface area contributed by atoms with E-state index in [2.05, 4.69) is 11.8 Å². The summed E-state index contributed by atoms with van der Waals surface area (Å²) < 4.78 is 23.2. The number of aliphatic hydroxyl groups is 1. The molecular weight excluding hydrogens is 223 g/mol. The molecule has 0 spiro atoms. The van der Waals surface area contributed by atoms with Gasteiger partial charge in [0.1, 0.15) is 12.4 Å². The Hall–Kier alpha value is -1.41. The third-order valence-electron chi connectivity index (χ3n) is 2.06. The van der Waals surface area contributed by atoms with Gasteiger partial charge in [0, 0.05) is 12.7 Å². The monoisotopic (exact) mass is 238 g/mol. The van der Waals surface area contributed by atoms with Gasteiger partial charge in [-0.1, -0.05) is 17.9 Å². The fourth-order valence-electron chi connectivity index (χ4n) is 1.25. The molecule has 4 heteroatoms. The van der Waals surface area contributed by atoms with Crippen LogP contribution >= 0.6 is 0 Å². The van der Waals surface area contributed by atoms with E-state index in [1.165, 1.54) is 12.1 Å². The van der Waals surface area contributed by atoms with Gasteiger partial charge in [-0.25, -0.2) is 4.39 Å². The smallest absolute Gasteiger partial charge is 0.124 e. The van der Waals surface area contributed by atoms with Crippen LogP contribution in [0, 0.1) is 17.7 Å². The number of hydrogen-bond acceptors (Lipinski definition) is 3. The number of ether oxygens (including phenoxy) is 2. The summed E-state index contributed by atoms with van der Waals surface area (Å²) in [5.41, 5.74) is 1.33. The van der Waals surface area contributed by atoms with E-state index in [1.54, 1.807) is 13.2 Å². The van der Waals surface area contributed by atoms with Crippen molar-refractivity contribution in [1.29, 1.82) is 0 Å². The van der Waals surface area contributed by atoms with Gasteiger partial charge in [-0.2, -0.15) is 0 Å². The van der Waals surface area contributed by atoms with E-state index in [-0.39, 0.29) is 12.4 Å². The Morgan fingerprint density at radius 3 is 2.88 bits per heavy atom. The molecule has 0 aromatic heterocycles. The molecule has 0 aliphatic carbocycles. The fraction of sp³-hybridized carbons (Fsp3) is 0.385. The normalized spacial score (nSPS) is 9.82. The molecule has 0 saturated carbocycles. The lowest BCUT2D eigenvalue weighted by molar-refractivity contribution is 0.0615. The molecule has 0 heterocycles. The molecule has 1 aromatic rings. The van der Waals surface area contributed by atoms with Crippen molar-refractivity contribution in [1.82, 2.24) is 0 Å². The number of benzene rings is 1. The summed E-state index contributed by atoms with van der Waals surface area (Å²) in [4.78, 5) is 0. The van der Waals surface area contributed by atoms with Crippen LogP contribution in [-0.4, -0.2) is 32.0 Å². The number of aliphatic hydroxyl groups excluding tert-OH is 1. The molecule has 92 valence electrons. The van der Waals surface area contributed by atoms with Gasteiger partial charge < -0.3 is 14.6 Å². The van der Waals surface area contributed by atoms with Crippen molar-refractivity contribution in [2.24, 2.45) is 0 Å². The van der Waals surface area contributed by atoms with Crippen molar-refractivity contribution in [3.8, 4) is 11.8 Å². The molecule has 1 N–H and O–H groups in total. The Morgan fingerprint density at radius 2 is 2.18 bits per heavy atom. The molecule has 1 aromatic carbocycles. The van der Waals surface area contributed by atoms with Gasteiger partial charge in [0.2, 0.25) is 0 Å². The zero-order chi connectivity index (χ0) is 12.5. The quantitative estimate of drug-likeness (QED) is 0.621. The minimum atomic E-state index is -0.354. The van der Waals surface area contributed by atoms with E-state index in [1.807, 2.05) is 0 Å².